The molecule has 1 fully saturated rings. The molecule has 0 atom stereocenters. The Morgan fingerprint density at radius 3 is 2.59 bits per heavy atom. The van der Waals surface area contributed by atoms with Crippen LogP contribution in [0, 0.1) is 5.82 Å². The molecule has 1 aromatic rings. The zero-order chi connectivity index (χ0) is 12.3. The van der Waals surface area contributed by atoms with Crippen LogP contribution < -0.4 is 5.32 Å². The molecule has 0 aliphatic carbocycles. The van der Waals surface area contributed by atoms with Crippen molar-refractivity contribution in [2.24, 2.45) is 0 Å². The van der Waals surface area contributed by atoms with Crippen LogP contribution in [0.4, 0.5) is 4.39 Å². The molecule has 0 radical (unpaired) electrons. The van der Waals surface area contributed by atoms with Crippen LogP contribution >= 0.6 is 0 Å². The highest BCUT2D eigenvalue weighted by atomic mass is 19.1. The number of carbonyl (C=O) groups is 1. The second-order valence-electron chi connectivity index (χ2n) is 4.15. The number of nitrogens with zero attached hydrogens (tertiary/aromatic N) is 1. The van der Waals surface area contributed by atoms with E-state index in [1.807, 2.05) is 0 Å². The predicted molar refractivity (Wildman–Crippen MR) is 64.9 cm³/mol. The van der Waals surface area contributed by atoms with E-state index in [1.165, 1.54) is 18.2 Å². The van der Waals surface area contributed by atoms with E-state index < -0.39 is 0 Å². The van der Waals surface area contributed by atoms with E-state index in [2.05, 4.69) is 5.32 Å². The van der Waals surface area contributed by atoms with Crippen molar-refractivity contribution in [1.82, 2.24) is 10.2 Å². The SMILES string of the molecule is CN(C(=O)C=Cc1ccc(F)cc1)C1CNC1. The van der Waals surface area contributed by atoms with Crippen molar-refractivity contribution in [3.63, 3.8) is 0 Å². The lowest BCUT2D eigenvalue weighted by Gasteiger charge is -2.35. The van der Waals surface area contributed by atoms with Crippen LogP contribution in [0.1, 0.15) is 5.56 Å². The molecule has 0 aromatic heterocycles. The summed E-state index contributed by atoms with van der Waals surface area (Å²) in [6.07, 6.45) is 3.22. The van der Waals surface area contributed by atoms with Crippen LogP contribution in [-0.4, -0.2) is 37.0 Å². The van der Waals surface area contributed by atoms with Gasteiger partial charge in [-0.05, 0) is 23.8 Å². The third-order valence-electron chi connectivity index (χ3n) is 2.94. The minimum Gasteiger partial charge on any atom is -0.337 e. The molecule has 0 saturated carbocycles. The summed E-state index contributed by atoms with van der Waals surface area (Å²) in [5, 5.41) is 3.12. The molecular weight excluding hydrogens is 219 g/mol. The molecular formula is C13H15FN2O. The molecule has 4 heteroatoms. The molecule has 1 saturated heterocycles. The Hall–Kier alpha value is -1.68. The Morgan fingerprint density at radius 2 is 2.06 bits per heavy atom. The van der Waals surface area contributed by atoms with E-state index in [4.69, 9.17) is 0 Å². The Labute approximate surface area is 99.9 Å². The average molecular weight is 234 g/mol. The van der Waals surface area contributed by atoms with E-state index in [-0.39, 0.29) is 11.7 Å². The van der Waals surface area contributed by atoms with Gasteiger partial charge in [0.25, 0.3) is 0 Å². The molecule has 0 unspecified atom stereocenters. The van der Waals surface area contributed by atoms with Gasteiger partial charge in [-0.25, -0.2) is 4.39 Å². The first-order valence-electron chi connectivity index (χ1n) is 5.58. The van der Waals surface area contributed by atoms with Crippen molar-refractivity contribution in [1.29, 1.82) is 0 Å². The monoisotopic (exact) mass is 234 g/mol. The molecule has 17 heavy (non-hydrogen) atoms. The quantitative estimate of drug-likeness (QED) is 0.799. The number of amides is 1. The highest BCUT2D eigenvalue weighted by Gasteiger charge is 2.23. The Morgan fingerprint density at radius 1 is 1.41 bits per heavy atom. The zero-order valence-electron chi connectivity index (χ0n) is 9.69. The number of hydrogen-bond donors (Lipinski definition) is 1. The van der Waals surface area contributed by atoms with Crippen molar-refractivity contribution >= 4 is 12.0 Å². The molecule has 0 bridgehead atoms. The smallest absolute Gasteiger partial charge is 0.246 e. The number of nitrogens with one attached hydrogen (secondary N) is 1. The summed E-state index contributed by atoms with van der Waals surface area (Å²) in [6.45, 7) is 1.71. The fraction of sp³-hybridized carbons (Fsp3) is 0.308. The molecule has 90 valence electrons. The van der Waals surface area contributed by atoms with E-state index in [0.717, 1.165) is 18.7 Å². The van der Waals surface area contributed by atoms with Crippen LogP contribution in [0.3, 0.4) is 0 Å². The number of likely N-dealkylation sites (N-methyl/N-ethyl adjacent to an activating group) is 1. The van der Waals surface area contributed by atoms with E-state index in [1.54, 1.807) is 30.2 Å². The molecule has 1 heterocycles. The maximum Gasteiger partial charge on any atom is 0.246 e. The second-order valence-corrected chi connectivity index (χ2v) is 4.15. The van der Waals surface area contributed by atoms with Crippen molar-refractivity contribution in [3.05, 3.63) is 41.7 Å². The molecule has 1 amide bonds. The second kappa shape index (κ2) is 5.10. The van der Waals surface area contributed by atoms with Gasteiger partial charge in [-0.3, -0.25) is 4.79 Å². The first-order chi connectivity index (χ1) is 8.16. The molecule has 3 nitrogen and oxygen atoms in total. The van der Waals surface area contributed by atoms with Crippen molar-refractivity contribution in [2.45, 2.75) is 6.04 Å². The first-order valence-corrected chi connectivity index (χ1v) is 5.58. The summed E-state index contributed by atoms with van der Waals surface area (Å²) in [6, 6.07) is 6.34. The third-order valence-corrected chi connectivity index (χ3v) is 2.94. The minimum atomic E-state index is -0.272. The summed E-state index contributed by atoms with van der Waals surface area (Å²) >= 11 is 0. The van der Waals surface area contributed by atoms with Gasteiger partial charge < -0.3 is 10.2 Å². The molecule has 2 rings (SSSR count). The number of rotatable bonds is 3. The summed E-state index contributed by atoms with van der Waals surface area (Å²) in [5.74, 6) is -0.299. The summed E-state index contributed by atoms with van der Waals surface area (Å²) < 4.78 is 12.7. The topological polar surface area (TPSA) is 32.3 Å². The molecule has 0 spiro atoms. The lowest BCUT2D eigenvalue weighted by Crippen LogP contribution is -2.57. The third kappa shape index (κ3) is 2.91. The van der Waals surface area contributed by atoms with Gasteiger partial charge in [0.05, 0.1) is 6.04 Å². The average Bonchev–Trinajstić information content (AvgIpc) is 2.25. The van der Waals surface area contributed by atoms with Gasteiger partial charge in [0.2, 0.25) is 5.91 Å². The van der Waals surface area contributed by atoms with E-state index in [9.17, 15) is 9.18 Å². The number of halogens is 1. The van der Waals surface area contributed by atoms with Crippen LogP contribution in [0.15, 0.2) is 30.3 Å². The summed E-state index contributed by atoms with van der Waals surface area (Å²) in [4.78, 5) is 13.5. The normalized spacial score (nSPS) is 15.9. The zero-order valence-corrected chi connectivity index (χ0v) is 9.69. The van der Waals surface area contributed by atoms with Gasteiger partial charge in [-0.15, -0.1) is 0 Å². The minimum absolute atomic E-state index is 0.0270. The largest absolute Gasteiger partial charge is 0.337 e. The first kappa shape index (κ1) is 11.8. The van der Waals surface area contributed by atoms with Crippen LogP contribution in [-0.2, 0) is 4.79 Å². The van der Waals surface area contributed by atoms with Gasteiger partial charge in [0, 0.05) is 26.2 Å². The fourth-order valence-corrected chi connectivity index (χ4v) is 1.59. The Bertz CT molecular complexity index is 424. The number of carbonyl (C=O) groups excluding carboxylic acids is 1. The molecule has 1 N–H and O–H groups in total. The van der Waals surface area contributed by atoms with E-state index >= 15 is 0 Å². The number of benzene rings is 1. The standard InChI is InChI=1S/C13H15FN2O/c1-16(12-8-15-9-12)13(17)7-4-10-2-5-11(14)6-3-10/h2-7,12,15H,8-9H2,1H3. The van der Waals surface area contributed by atoms with Gasteiger partial charge in [0.1, 0.15) is 5.82 Å². The maximum atomic E-state index is 12.7. The molecule has 1 aliphatic heterocycles. The molecule has 1 aromatic carbocycles. The highest BCUT2D eigenvalue weighted by molar-refractivity contribution is 5.91. The lowest BCUT2D eigenvalue weighted by molar-refractivity contribution is -0.127. The van der Waals surface area contributed by atoms with E-state index in [0.29, 0.717) is 6.04 Å². The summed E-state index contributed by atoms with van der Waals surface area (Å²) in [7, 11) is 1.79. The van der Waals surface area contributed by atoms with Gasteiger partial charge in [-0.1, -0.05) is 12.1 Å². The lowest BCUT2D eigenvalue weighted by atomic mass is 10.1. The van der Waals surface area contributed by atoms with Crippen molar-refractivity contribution in [2.75, 3.05) is 20.1 Å². The van der Waals surface area contributed by atoms with Gasteiger partial charge >= 0.3 is 0 Å². The van der Waals surface area contributed by atoms with Gasteiger partial charge in [0.15, 0.2) is 0 Å². The van der Waals surface area contributed by atoms with Crippen LogP contribution in [0.2, 0.25) is 0 Å². The summed E-state index contributed by atoms with van der Waals surface area (Å²) in [5.41, 5.74) is 0.819. The van der Waals surface area contributed by atoms with Crippen LogP contribution in [0.25, 0.3) is 6.08 Å². The maximum absolute atomic E-state index is 12.7. The van der Waals surface area contributed by atoms with Crippen LogP contribution in [0.5, 0.6) is 0 Å². The van der Waals surface area contributed by atoms with Crippen molar-refractivity contribution < 1.29 is 9.18 Å². The predicted octanol–water partition coefficient (Wildman–Crippen LogP) is 1.27. The number of hydrogen-bond acceptors (Lipinski definition) is 2. The highest BCUT2D eigenvalue weighted by Crippen LogP contribution is 2.07. The van der Waals surface area contributed by atoms with Gasteiger partial charge in [-0.2, -0.15) is 0 Å². The fourth-order valence-electron chi connectivity index (χ4n) is 1.59. The Balaban J connectivity index is 1.95. The molecule has 1 aliphatic rings. The Kier molecular flexibility index (Phi) is 3.54. The van der Waals surface area contributed by atoms with Crippen molar-refractivity contribution in [3.8, 4) is 0 Å².